The first-order valence-corrected chi connectivity index (χ1v) is 10.0. The second-order valence-corrected chi connectivity index (χ2v) is 7.57. The quantitative estimate of drug-likeness (QED) is 0.316. The smallest absolute Gasteiger partial charge is 0.135 e. The minimum atomic E-state index is 0.651. The van der Waals surface area contributed by atoms with Crippen LogP contribution in [-0.2, 0) is 6.54 Å². The van der Waals surface area contributed by atoms with Crippen LogP contribution in [0.15, 0.2) is 77.3 Å². The van der Waals surface area contributed by atoms with E-state index in [0.717, 1.165) is 50.3 Å². The van der Waals surface area contributed by atoms with Crippen LogP contribution in [0.25, 0.3) is 33.2 Å². The summed E-state index contributed by atoms with van der Waals surface area (Å²) in [5, 5.41) is 2.89. The molecule has 2 aromatic heterocycles. The molecule has 0 spiro atoms. The van der Waals surface area contributed by atoms with Crippen LogP contribution in [-0.4, -0.2) is 18.8 Å². The van der Waals surface area contributed by atoms with Crippen LogP contribution >= 0.6 is 11.6 Å². The fourth-order valence-corrected chi connectivity index (χ4v) is 4.21. The van der Waals surface area contributed by atoms with Crippen LogP contribution in [0.5, 0.6) is 11.5 Å². The van der Waals surface area contributed by atoms with Crippen LogP contribution in [0.1, 0.15) is 5.56 Å². The molecule has 0 N–H and O–H groups in total. The van der Waals surface area contributed by atoms with Gasteiger partial charge in [0.1, 0.15) is 22.7 Å². The SMILES string of the molecule is COc1cccc(OC)c1-c1cc(Cl)cn1Cc1ccc2oc3ccccc3c2c1. The zero-order chi connectivity index (χ0) is 20.7. The zero-order valence-electron chi connectivity index (χ0n) is 16.7. The Bertz CT molecular complexity index is 1340. The number of methoxy groups -OCH3 is 2. The minimum Gasteiger partial charge on any atom is -0.496 e. The van der Waals surface area contributed by atoms with E-state index in [0.29, 0.717) is 11.6 Å². The highest BCUT2D eigenvalue weighted by Crippen LogP contribution is 2.40. The highest BCUT2D eigenvalue weighted by atomic mass is 35.5. The second kappa shape index (κ2) is 7.47. The zero-order valence-corrected chi connectivity index (χ0v) is 17.4. The summed E-state index contributed by atoms with van der Waals surface area (Å²) in [5.74, 6) is 1.48. The number of fused-ring (bicyclic) bond motifs is 3. The molecule has 4 nitrogen and oxygen atoms in total. The van der Waals surface area contributed by atoms with Crippen molar-refractivity contribution in [2.24, 2.45) is 0 Å². The van der Waals surface area contributed by atoms with E-state index in [4.69, 9.17) is 25.5 Å². The van der Waals surface area contributed by atoms with Gasteiger partial charge in [0.15, 0.2) is 0 Å². The summed E-state index contributed by atoms with van der Waals surface area (Å²) >= 11 is 6.41. The third-order valence-electron chi connectivity index (χ3n) is 5.34. The fraction of sp³-hybridized carbons (Fsp3) is 0.120. The number of ether oxygens (including phenoxy) is 2. The highest BCUT2D eigenvalue weighted by Gasteiger charge is 2.18. The van der Waals surface area contributed by atoms with E-state index < -0.39 is 0 Å². The number of aromatic nitrogens is 1. The van der Waals surface area contributed by atoms with Gasteiger partial charge < -0.3 is 18.5 Å². The summed E-state index contributed by atoms with van der Waals surface area (Å²) in [4.78, 5) is 0. The number of halogens is 1. The number of benzene rings is 3. The van der Waals surface area contributed by atoms with Crippen molar-refractivity contribution in [1.29, 1.82) is 0 Å². The van der Waals surface area contributed by atoms with Crippen molar-refractivity contribution in [2.45, 2.75) is 6.54 Å². The van der Waals surface area contributed by atoms with Crippen LogP contribution < -0.4 is 9.47 Å². The molecule has 5 heteroatoms. The van der Waals surface area contributed by atoms with Crippen molar-refractivity contribution in [2.75, 3.05) is 14.2 Å². The summed E-state index contributed by atoms with van der Waals surface area (Å²) in [6, 6.07) is 22.1. The first kappa shape index (κ1) is 18.6. The summed E-state index contributed by atoms with van der Waals surface area (Å²) in [7, 11) is 3.32. The van der Waals surface area contributed by atoms with Gasteiger partial charge in [-0.15, -0.1) is 0 Å². The summed E-state index contributed by atoms with van der Waals surface area (Å²) in [6.45, 7) is 0.651. The molecule has 0 atom stereocenters. The molecule has 0 aliphatic rings. The predicted octanol–water partition coefficient (Wildman–Crippen LogP) is 6.77. The molecular formula is C25H20ClNO3. The van der Waals surface area contributed by atoms with Gasteiger partial charge in [0.25, 0.3) is 0 Å². The Morgan fingerprint density at radius 1 is 0.833 bits per heavy atom. The molecule has 3 aromatic carbocycles. The Hall–Kier alpha value is -3.37. The van der Waals surface area contributed by atoms with Crippen LogP contribution in [0.4, 0.5) is 0 Å². The average molecular weight is 418 g/mol. The summed E-state index contributed by atoms with van der Waals surface area (Å²) in [5.41, 5.74) is 4.75. The lowest BCUT2D eigenvalue weighted by Gasteiger charge is -2.15. The first-order valence-electron chi connectivity index (χ1n) is 9.65. The Morgan fingerprint density at radius 3 is 2.33 bits per heavy atom. The molecule has 0 aliphatic carbocycles. The molecule has 0 aliphatic heterocycles. The van der Waals surface area contributed by atoms with E-state index in [1.54, 1.807) is 14.2 Å². The maximum absolute atomic E-state index is 6.41. The molecule has 5 rings (SSSR count). The third kappa shape index (κ3) is 3.10. The normalized spacial score (nSPS) is 11.3. The molecule has 0 radical (unpaired) electrons. The van der Waals surface area contributed by atoms with E-state index in [2.05, 4.69) is 22.8 Å². The Kier molecular flexibility index (Phi) is 4.64. The van der Waals surface area contributed by atoms with Crippen molar-refractivity contribution in [3.8, 4) is 22.8 Å². The largest absolute Gasteiger partial charge is 0.496 e. The van der Waals surface area contributed by atoms with Crippen LogP contribution in [0, 0.1) is 0 Å². The number of nitrogens with zero attached hydrogens (tertiary/aromatic N) is 1. The van der Waals surface area contributed by atoms with E-state index >= 15 is 0 Å². The lowest BCUT2D eigenvalue weighted by atomic mass is 10.1. The van der Waals surface area contributed by atoms with Gasteiger partial charge in [0.05, 0.1) is 30.5 Å². The number of para-hydroxylation sites is 1. The number of rotatable bonds is 5. The number of furan rings is 1. The predicted molar refractivity (Wildman–Crippen MR) is 121 cm³/mol. The molecule has 0 saturated carbocycles. The van der Waals surface area contributed by atoms with E-state index in [9.17, 15) is 0 Å². The fourth-order valence-electron chi connectivity index (χ4n) is 3.99. The van der Waals surface area contributed by atoms with Crippen LogP contribution in [0.3, 0.4) is 0 Å². The van der Waals surface area contributed by atoms with Gasteiger partial charge in [-0.05, 0) is 42.0 Å². The van der Waals surface area contributed by atoms with Gasteiger partial charge in [-0.3, -0.25) is 0 Å². The molecule has 0 saturated heterocycles. The molecule has 2 heterocycles. The molecule has 5 aromatic rings. The molecular weight excluding hydrogens is 398 g/mol. The Labute approximate surface area is 179 Å². The van der Waals surface area contributed by atoms with E-state index in [1.165, 1.54) is 0 Å². The lowest BCUT2D eigenvalue weighted by Crippen LogP contribution is -2.02. The minimum absolute atomic E-state index is 0.651. The van der Waals surface area contributed by atoms with Crippen molar-refractivity contribution >= 4 is 33.5 Å². The topological polar surface area (TPSA) is 36.5 Å². The van der Waals surface area contributed by atoms with Gasteiger partial charge in [0, 0.05) is 23.5 Å². The van der Waals surface area contributed by atoms with Crippen molar-refractivity contribution in [3.63, 3.8) is 0 Å². The van der Waals surface area contributed by atoms with Crippen molar-refractivity contribution in [3.05, 3.63) is 83.5 Å². The molecule has 0 bridgehead atoms. The van der Waals surface area contributed by atoms with E-state index in [1.807, 2.05) is 54.7 Å². The van der Waals surface area contributed by atoms with Gasteiger partial charge in [-0.25, -0.2) is 0 Å². The maximum Gasteiger partial charge on any atom is 0.135 e. The lowest BCUT2D eigenvalue weighted by molar-refractivity contribution is 0.397. The monoisotopic (exact) mass is 417 g/mol. The van der Waals surface area contributed by atoms with Gasteiger partial charge in [-0.1, -0.05) is 41.9 Å². The Balaban J connectivity index is 1.61. The Morgan fingerprint density at radius 2 is 1.57 bits per heavy atom. The molecule has 30 heavy (non-hydrogen) atoms. The number of hydrogen-bond donors (Lipinski definition) is 0. The standard InChI is InChI=1S/C25H20ClNO3/c1-28-23-8-5-9-24(29-2)25(23)20-13-17(26)15-27(20)14-16-10-11-22-19(12-16)18-6-3-4-7-21(18)30-22/h3-13,15H,14H2,1-2H3. The average Bonchev–Trinajstić information content (AvgIpc) is 3.32. The highest BCUT2D eigenvalue weighted by molar-refractivity contribution is 6.31. The maximum atomic E-state index is 6.41. The molecule has 0 fully saturated rings. The van der Waals surface area contributed by atoms with Gasteiger partial charge >= 0.3 is 0 Å². The van der Waals surface area contributed by atoms with E-state index in [-0.39, 0.29) is 0 Å². The van der Waals surface area contributed by atoms with Crippen molar-refractivity contribution in [1.82, 2.24) is 4.57 Å². The van der Waals surface area contributed by atoms with Gasteiger partial charge in [0.2, 0.25) is 0 Å². The summed E-state index contributed by atoms with van der Waals surface area (Å²) in [6.07, 6.45) is 1.93. The number of hydrogen-bond acceptors (Lipinski definition) is 3. The van der Waals surface area contributed by atoms with Crippen LogP contribution in [0.2, 0.25) is 5.02 Å². The molecule has 0 unspecified atom stereocenters. The third-order valence-corrected chi connectivity index (χ3v) is 5.55. The molecule has 0 amide bonds. The first-order chi connectivity index (χ1) is 14.7. The van der Waals surface area contributed by atoms with Crippen molar-refractivity contribution < 1.29 is 13.9 Å². The molecule has 150 valence electrons. The van der Waals surface area contributed by atoms with Gasteiger partial charge in [-0.2, -0.15) is 0 Å². The summed E-state index contributed by atoms with van der Waals surface area (Å²) < 4.78 is 19.3. The second-order valence-electron chi connectivity index (χ2n) is 7.14.